The standard InChI is InChI=1S/C18H26N2S/c1-20(18(21)19-15-10-3-2-4-11-15)17-13-7-9-14-8-5-6-12-16(14)17/h5-6,8,12,15,17H,2-4,7,9-11,13H2,1H3,(H,19,21)/t17-/m0/s1. The molecule has 1 aromatic rings. The van der Waals surface area contributed by atoms with Crippen LogP contribution in [-0.4, -0.2) is 23.1 Å². The lowest BCUT2D eigenvalue weighted by molar-refractivity contribution is 0.316. The lowest BCUT2D eigenvalue weighted by Crippen LogP contribution is -2.45. The van der Waals surface area contributed by atoms with Crippen LogP contribution in [0.2, 0.25) is 0 Å². The molecule has 0 radical (unpaired) electrons. The Morgan fingerprint density at radius 2 is 1.86 bits per heavy atom. The van der Waals surface area contributed by atoms with E-state index in [4.69, 9.17) is 12.2 Å². The molecule has 3 heteroatoms. The van der Waals surface area contributed by atoms with Gasteiger partial charge in [-0.3, -0.25) is 0 Å². The van der Waals surface area contributed by atoms with Crippen molar-refractivity contribution in [3.8, 4) is 0 Å². The van der Waals surface area contributed by atoms with E-state index in [1.54, 1.807) is 0 Å². The van der Waals surface area contributed by atoms with Gasteiger partial charge in [-0.25, -0.2) is 0 Å². The summed E-state index contributed by atoms with van der Waals surface area (Å²) in [5, 5.41) is 4.54. The predicted octanol–water partition coefficient (Wildman–Crippen LogP) is 4.20. The molecule has 0 unspecified atom stereocenters. The topological polar surface area (TPSA) is 15.3 Å². The zero-order valence-electron chi connectivity index (χ0n) is 13.0. The number of nitrogens with one attached hydrogen (secondary N) is 1. The highest BCUT2D eigenvalue weighted by atomic mass is 32.1. The average Bonchev–Trinajstić information content (AvgIpc) is 2.54. The molecule has 0 amide bonds. The number of fused-ring (bicyclic) bond motifs is 1. The van der Waals surface area contributed by atoms with Gasteiger partial charge in [0.2, 0.25) is 0 Å². The number of hydrogen-bond acceptors (Lipinski definition) is 1. The fraction of sp³-hybridized carbons (Fsp3) is 0.611. The van der Waals surface area contributed by atoms with Crippen LogP contribution in [0.15, 0.2) is 24.3 Å². The molecule has 0 aromatic heterocycles. The van der Waals surface area contributed by atoms with Crippen molar-refractivity contribution in [2.75, 3.05) is 7.05 Å². The van der Waals surface area contributed by atoms with Gasteiger partial charge in [-0.15, -0.1) is 0 Å². The second-order valence-corrected chi connectivity index (χ2v) is 6.89. The number of hydrogen-bond donors (Lipinski definition) is 1. The number of rotatable bonds is 2. The first-order chi connectivity index (χ1) is 10.3. The predicted molar refractivity (Wildman–Crippen MR) is 92.5 cm³/mol. The Kier molecular flexibility index (Phi) is 4.79. The molecular weight excluding hydrogens is 276 g/mol. The van der Waals surface area contributed by atoms with Gasteiger partial charge in [-0.05, 0) is 55.4 Å². The van der Waals surface area contributed by atoms with Gasteiger partial charge in [0.25, 0.3) is 0 Å². The van der Waals surface area contributed by atoms with Gasteiger partial charge in [-0.1, -0.05) is 43.5 Å². The first kappa shape index (κ1) is 14.8. The van der Waals surface area contributed by atoms with Crippen LogP contribution in [0.4, 0.5) is 0 Å². The van der Waals surface area contributed by atoms with E-state index in [0.29, 0.717) is 12.1 Å². The highest BCUT2D eigenvalue weighted by Crippen LogP contribution is 2.33. The molecule has 3 rings (SSSR count). The van der Waals surface area contributed by atoms with E-state index in [-0.39, 0.29) is 0 Å². The summed E-state index contributed by atoms with van der Waals surface area (Å²) in [5.74, 6) is 0. The highest BCUT2D eigenvalue weighted by molar-refractivity contribution is 7.80. The maximum absolute atomic E-state index is 5.68. The van der Waals surface area contributed by atoms with E-state index >= 15 is 0 Å². The number of thiocarbonyl (C=S) groups is 1. The Morgan fingerprint density at radius 1 is 1.10 bits per heavy atom. The Morgan fingerprint density at radius 3 is 2.67 bits per heavy atom. The van der Waals surface area contributed by atoms with E-state index < -0.39 is 0 Å². The van der Waals surface area contributed by atoms with Gasteiger partial charge in [0.15, 0.2) is 5.11 Å². The average molecular weight is 302 g/mol. The summed E-state index contributed by atoms with van der Waals surface area (Å²) in [7, 11) is 2.16. The molecule has 21 heavy (non-hydrogen) atoms. The van der Waals surface area contributed by atoms with Crippen LogP contribution in [0.5, 0.6) is 0 Å². The maximum Gasteiger partial charge on any atom is 0.169 e. The Balaban J connectivity index is 1.67. The SMILES string of the molecule is CN(C(=S)NC1CCCCC1)[C@H]1CCCc2ccccc21. The van der Waals surface area contributed by atoms with E-state index in [0.717, 1.165) is 5.11 Å². The van der Waals surface area contributed by atoms with Crippen LogP contribution in [0.1, 0.15) is 62.1 Å². The van der Waals surface area contributed by atoms with E-state index in [1.165, 1.54) is 62.5 Å². The van der Waals surface area contributed by atoms with Gasteiger partial charge in [-0.2, -0.15) is 0 Å². The summed E-state index contributed by atoms with van der Waals surface area (Å²) in [6, 6.07) is 9.89. The normalized spacial score (nSPS) is 22.4. The van der Waals surface area contributed by atoms with Gasteiger partial charge < -0.3 is 10.2 Å². The summed E-state index contributed by atoms with van der Waals surface area (Å²) in [4.78, 5) is 2.29. The second kappa shape index (κ2) is 6.78. The molecule has 1 aromatic carbocycles. The van der Waals surface area contributed by atoms with Gasteiger partial charge in [0, 0.05) is 13.1 Å². The third-order valence-corrected chi connectivity index (χ3v) is 5.46. The second-order valence-electron chi connectivity index (χ2n) is 6.50. The van der Waals surface area contributed by atoms with Gasteiger partial charge in [0.05, 0.1) is 6.04 Å². The number of nitrogens with zero attached hydrogens (tertiary/aromatic N) is 1. The zero-order valence-corrected chi connectivity index (χ0v) is 13.8. The van der Waals surface area contributed by atoms with Crippen LogP contribution in [-0.2, 0) is 6.42 Å². The Bertz CT molecular complexity index is 494. The van der Waals surface area contributed by atoms with E-state index in [2.05, 4.69) is 41.5 Å². The molecule has 0 spiro atoms. The minimum atomic E-state index is 0.443. The molecule has 114 valence electrons. The van der Waals surface area contributed by atoms with Crippen LogP contribution in [0.25, 0.3) is 0 Å². The molecule has 2 nitrogen and oxygen atoms in total. The zero-order chi connectivity index (χ0) is 14.7. The molecule has 1 N–H and O–H groups in total. The first-order valence-electron chi connectivity index (χ1n) is 8.37. The Hall–Kier alpha value is -1.09. The molecular formula is C18H26N2S. The fourth-order valence-electron chi connectivity index (χ4n) is 3.80. The Labute approximate surface area is 133 Å². The third kappa shape index (κ3) is 3.39. The van der Waals surface area contributed by atoms with E-state index in [9.17, 15) is 0 Å². The van der Waals surface area contributed by atoms with Crippen molar-refractivity contribution < 1.29 is 0 Å². The van der Waals surface area contributed by atoms with E-state index in [1.807, 2.05) is 0 Å². The molecule has 1 atom stereocenters. The van der Waals surface area contributed by atoms with Crippen molar-refractivity contribution in [3.63, 3.8) is 0 Å². The molecule has 1 saturated carbocycles. The van der Waals surface area contributed by atoms with Crippen molar-refractivity contribution in [1.29, 1.82) is 0 Å². The fourth-order valence-corrected chi connectivity index (χ4v) is 4.09. The number of benzene rings is 1. The lowest BCUT2D eigenvalue weighted by atomic mass is 9.87. The summed E-state index contributed by atoms with van der Waals surface area (Å²) in [6.07, 6.45) is 10.3. The minimum absolute atomic E-state index is 0.443. The maximum atomic E-state index is 5.68. The molecule has 2 aliphatic carbocycles. The largest absolute Gasteiger partial charge is 0.360 e. The first-order valence-corrected chi connectivity index (χ1v) is 8.77. The smallest absolute Gasteiger partial charge is 0.169 e. The summed E-state index contributed by atoms with van der Waals surface area (Å²) < 4.78 is 0. The molecule has 1 fully saturated rings. The van der Waals surface area contributed by atoms with Crippen molar-refractivity contribution in [2.24, 2.45) is 0 Å². The van der Waals surface area contributed by atoms with Crippen molar-refractivity contribution in [1.82, 2.24) is 10.2 Å². The molecule has 0 aliphatic heterocycles. The third-order valence-electron chi connectivity index (χ3n) is 5.06. The lowest BCUT2D eigenvalue weighted by Gasteiger charge is -2.36. The molecule has 0 bridgehead atoms. The van der Waals surface area contributed by atoms with Gasteiger partial charge >= 0.3 is 0 Å². The quantitative estimate of drug-likeness (QED) is 0.824. The minimum Gasteiger partial charge on any atom is -0.360 e. The number of aryl methyl sites for hydroxylation is 1. The van der Waals surface area contributed by atoms with Crippen LogP contribution in [0, 0.1) is 0 Å². The van der Waals surface area contributed by atoms with Gasteiger partial charge in [0.1, 0.15) is 0 Å². The summed E-state index contributed by atoms with van der Waals surface area (Å²) >= 11 is 5.68. The van der Waals surface area contributed by atoms with Crippen LogP contribution in [0.3, 0.4) is 0 Å². The molecule has 0 heterocycles. The highest BCUT2D eigenvalue weighted by Gasteiger charge is 2.26. The molecule has 2 aliphatic rings. The van der Waals surface area contributed by atoms with Crippen molar-refractivity contribution in [2.45, 2.75) is 63.5 Å². The monoisotopic (exact) mass is 302 g/mol. The van der Waals surface area contributed by atoms with Crippen LogP contribution < -0.4 is 5.32 Å². The van der Waals surface area contributed by atoms with Crippen molar-refractivity contribution >= 4 is 17.3 Å². The van der Waals surface area contributed by atoms with Crippen molar-refractivity contribution in [3.05, 3.63) is 35.4 Å². The summed E-state index contributed by atoms with van der Waals surface area (Å²) in [6.45, 7) is 0. The van der Waals surface area contributed by atoms with Crippen LogP contribution >= 0.6 is 12.2 Å². The molecule has 0 saturated heterocycles. The summed E-state index contributed by atoms with van der Waals surface area (Å²) in [5.41, 5.74) is 2.97.